The first-order valence-corrected chi connectivity index (χ1v) is 14.1. The zero-order chi connectivity index (χ0) is 25.5. The molecule has 0 aromatic heterocycles. The lowest BCUT2D eigenvalue weighted by Gasteiger charge is -2.24. The van der Waals surface area contributed by atoms with E-state index >= 15 is 0 Å². The van der Waals surface area contributed by atoms with Gasteiger partial charge < -0.3 is 0 Å². The van der Waals surface area contributed by atoms with Gasteiger partial charge in [0.15, 0.2) is 0 Å². The Morgan fingerprint density at radius 3 is 2.05 bits per heavy atom. The monoisotopic (exact) mass is 490 g/mol. The van der Waals surface area contributed by atoms with Gasteiger partial charge in [0.2, 0.25) is 0 Å². The molecule has 186 valence electrons. The molecule has 0 bridgehead atoms. The van der Waals surface area contributed by atoms with Crippen LogP contribution in [-0.4, -0.2) is 0 Å². The Balaban J connectivity index is 1.31. The van der Waals surface area contributed by atoms with Gasteiger partial charge in [-0.05, 0) is 70.6 Å². The molecule has 3 aromatic carbocycles. The van der Waals surface area contributed by atoms with Crippen LogP contribution in [0.3, 0.4) is 0 Å². The molecule has 5 atom stereocenters. The van der Waals surface area contributed by atoms with Crippen molar-refractivity contribution in [3.05, 3.63) is 173 Å². The van der Waals surface area contributed by atoms with Crippen LogP contribution in [0.15, 0.2) is 150 Å². The SMILES string of the molecule is Cc1ccc(C2=CC(c3ccccc3)C(C3=CC(c4ccccc4)C=C3C3=CC4C=CC=CC4C3)C2)cc1. The normalized spacial score (nSPS) is 27.6. The van der Waals surface area contributed by atoms with Crippen molar-refractivity contribution in [2.45, 2.75) is 31.6 Å². The molecule has 0 aliphatic heterocycles. The zero-order valence-corrected chi connectivity index (χ0v) is 22.0. The second-order valence-electron chi connectivity index (χ2n) is 11.4. The molecular formula is C38H34. The van der Waals surface area contributed by atoms with E-state index in [0.717, 1.165) is 12.8 Å². The lowest BCUT2D eigenvalue weighted by molar-refractivity contribution is 0.586. The fourth-order valence-corrected chi connectivity index (χ4v) is 6.95. The van der Waals surface area contributed by atoms with Gasteiger partial charge >= 0.3 is 0 Å². The lowest BCUT2D eigenvalue weighted by Crippen LogP contribution is -2.11. The Morgan fingerprint density at radius 2 is 1.32 bits per heavy atom. The van der Waals surface area contributed by atoms with Gasteiger partial charge in [-0.1, -0.05) is 139 Å². The molecule has 0 spiro atoms. The Labute approximate surface area is 227 Å². The van der Waals surface area contributed by atoms with E-state index in [1.807, 2.05) is 0 Å². The van der Waals surface area contributed by atoms with Crippen LogP contribution in [0.4, 0.5) is 0 Å². The van der Waals surface area contributed by atoms with Crippen LogP contribution in [0.2, 0.25) is 0 Å². The third-order valence-corrected chi connectivity index (χ3v) is 8.95. The highest BCUT2D eigenvalue weighted by Gasteiger charge is 2.38. The van der Waals surface area contributed by atoms with Gasteiger partial charge in [0.1, 0.15) is 0 Å². The molecule has 0 heteroatoms. The number of hydrogen-bond donors (Lipinski definition) is 0. The third kappa shape index (κ3) is 4.29. The smallest absolute Gasteiger partial charge is 0.0213 e. The van der Waals surface area contributed by atoms with Crippen LogP contribution < -0.4 is 0 Å². The summed E-state index contributed by atoms with van der Waals surface area (Å²) in [4.78, 5) is 0. The summed E-state index contributed by atoms with van der Waals surface area (Å²) in [6, 6.07) is 31.3. The number of fused-ring (bicyclic) bond motifs is 1. The van der Waals surface area contributed by atoms with E-state index in [-0.39, 0.29) is 0 Å². The number of hydrogen-bond acceptors (Lipinski definition) is 0. The zero-order valence-electron chi connectivity index (χ0n) is 22.0. The molecule has 0 amide bonds. The Kier molecular flexibility index (Phi) is 5.97. The van der Waals surface area contributed by atoms with E-state index in [1.54, 1.807) is 5.57 Å². The Hall–Kier alpha value is -3.90. The predicted molar refractivity (Wildman–Crippen MR) is 160 cm³/mol. The van der Waals surface area contributed by atoms with E-state index in [1.165, 1.54) is 39.0 Å². The summed E-state index contributed by atoms with van der Waals surface area (Å²) >= 11 is 0. The van der Waals surface area contributed by atoms with Crippen LogP contribution in [-0.2, 0) is 0 Å². The molecule has 0 heterocycles. The van der Waals surface area contributed by atoms with E-state index < -0.39 is 0 Å². The van der Waals surface area contributed by atoms with Crippen LogP contribution >= 0.6 is 0 Å². The summed E-state index contributed by atoms with van der Waals surface area (Å²) in [7, 11) is 0. The molecule has 3 aromatic rings. The van der Waals surface area contributed by atoms with Gasteiger partial charge in [-0.15, -0.1) is 0 Å². The topological polar surface area (TPSA) is 0 Å². The van der Waals surface area contributed by atoms with Crippen LogP contribution in [0.5, 0.6) is 0 Å². The molecule has 4 aliphatic rings. The van der Waals surface area contributed by atoms with E-state index in [4.69, 9.17) is 0 Å². The van der Waals surface area contributed by atoms with E-state index in [2.05, 4.69) is 140 Å². The van der Waals surface area contributed by atoms with Crippen LogP contribution in [0.1, 0.15) is 46.9 Å². The fourth-order valence-electron chi connectivity index (χ4n) is 6.95. The first-order chi connectivity index (χ1) is 18.7. The maximum Gasteiger partial charge on any atom is 0.0213 e. The molecular weight excluding hydrogens is 456 g/mol. The molecule has 0 saturated heterocycles. The summed E-state index contributed by atoms with van der Waals surface area (Å²) in [5.41, 5.74) is 11.5. The summed E-state index contributed by atoms with van der Waals surface area (Å²) in [6.45, 7) is 2.17. The molecule has 0 saturated carbocycles. The van der Waals surface area contributed by atoms with Crippen molar-refractivity contribution in [1.82, 2.24) is 0 Å². The molecule has 0 fully saturated rings. The molecule has 0 N–H and O–H groups in total. The van der Waals surface area contributed by atoms with Gasteiger partial charge in [-0.25, -0.2) is 0 Å². The van der Waals surface area contributed by atoms with Gasteiger partial charge in [0.25, 0.3) is 0 Å². The van der Waals surface area contributed by atoms with E-state index in [9.17, 15) is 0 Å². The molecule has 38 heavy (non-hydrogen) atoms. The summed E-state index contributed by atoms with van der Waals surface area (Å²) in [5, 5.41) is 0. The van der Waals surface area contributed by atoms with Gasteiger partial charge in [-0.2, -0.15) is 0 Å². The minimum atomic E-state index is 0.329. The van der Waals surface area contributed by atoms with Gasteiger partial charge in [-0.3, -0.25) is 0 Å². The minimum absolute atomic E-state index is 0.329. The number of aryl methyl sites for hydroxylation is 1. The first kappa shape index (κ1) is 23.2. The number of benzene rings is 3. The highest BCUT2D eigenvalue weighted by molar-refractivity contribution is 5.72. The molecule has 4 aliphatic carbocycles. The minimum Gasteiger partial charge on any atom is -0.0802 e. The van der Waals surface area contributed by atoms with Crippen LogP contribution in [0.25, 0.3) is 5.57 Å². The van der Waals surface area contributed by atoms with E-state index in [0.29, 0.717) is 29.6 Å². The first-order valence-electron chi connectivity index (χ1n) is 14.1. The van der Waals surface area contributed by atoms with Gasteiger partial charge in [0.05, 0.1) is 0 Å². The molecule has 0 nitrogen and oxygen atoms in total. The number of allylic oxidation sites excluding steroid dienone is 12. The second-order valence-corrected chi connectivity index (χ2v) is 11.4. The second kappa shape index (κ2) is 9.76. The molecule has 0 radical (unpaired) electrons. The predicted octanol–water partition coefficient (Wildman–Crippen LogP) is 9.52. The highest BCUT2D eigenvalue weighted by atomic mass is 14.4. The Morgan fingerprint density at radius 1 is 0.605 bits per heavy atom. The van der Waals surface area contributed by atoms with Crippen molar-refractivity contribution < 1.29 is 0 Å². The van der Waals surface area contributed by atoms with Gasteiger partial charge in [0, 0.05) is 17.8 Å². The maximum absolute atomic E-state index is 2.59. The fraction of sp³-hybridized carbons (Fsp3) is 0.211. The van der Waals surface area contributed by atoms with Crippen molar-refractivity contribution >= 4 is 5.57 Å². The Bertz CT molecular complexity index is 1510. The summed E-state index contributed by atoms with van der Waals surface area (Å²) in [5.74, 6) is 2.27. The summed E-state index contributed by atoms with van der Waals surface area (Å²) in [6.07, 6.45) is 21.7. The van der Waals surface area contributed by atoms with Crippen molar-refractivity contribution in [3.63, 3.8) is 0 Å². The third-order valence-electron chi connectivity index (χ3n) is 8.95. The van der Waals surface area contributed by atoms with Crippen molar-refractivity contribution in [2.24, 2.45) is 17.8 Å². The maximum atomic E-state index is 2.59. The average Bonchev–Trinajstić information content (AvgIpc) is 3.71. The van der Waals surface area contributed by atoms with Crippen molar-refractivity contribution in [1.29, 1.82) is 0 Å². The van der Waals surface area contributed by atoms with Crippen molar-refractivity contribution in [2.75, 3.05) is 0 Å². The highest BCUT2D eigenvalue weighted by Crippen LogP contribution is 2.53. The number of rotatable bonds is 5. The van der Waals surface area contributed by atoms with Crippen molar-refractivity contribution in [3.8, 4) is 0 Å². The standard InChI is InChI=1S/C38H34/c1-26-16-18-28(19-17-26)33-22-35(29-12-6-3-7-13-29)37(25-33)38-24-32(27-10-4-2-5-11-27)23-36(38)34-20-30-14-8-9-15-31(30)21-34/h2-20,22-24,30-32,35,37H,21,25H2,1H3. The average molecular weight is 491 g/mol. The largest absolute Gasteiger partial charge is 0.0802 e. The lowest BCUT2D eigenvalue weighted by atomic mass is 9.79. The van der Waals surface area contributed by atoms with Crippen LogP contribution in [0, 0.1) is 24.7 Å². The summed E-state index contributed by atoms with van der Waals surface area (Å²) < 4.78 is 0. The molecule has 5 unspecified atom stereocenters. The quantitative estimate of drug-likeness (QED) is 0.334. The molecule has 7 rings (SSSR count).